The van der Waals surface area contributed by atoms with E-state index in [-0.39, 0.29) is 34.4 Å². The number of rotatable bonds is 6. The molecule has 1 spiro atoms. The van der Waals surface area contributed by atoms with Gasteiger partial charge in [-0.2, -0.15) is 8.78 Å². The second-order valence-corrected chi connectivity index (χ2v) is 9.61. The standard InChI is InChI=1S/C22H31F2N3O3/c1-21(2,3)26-18(28)12-27-13-22(14-27)9-7-15(8-10-22)19(29)25-16-5-4-6-17(11-16)30-20(23)24/h4-6,11,15,20H,7-10,12-14H2,1-3H3,(H,25,29)(H,26,28). The molecule has 6 nitrogen and oxygen atoms in total. The first-order valence-electron chi connectivity index (χ1n) is 10.4. The van der Waals surface area contributed by atoms with Crippen molar-refractivity contribution in [2.75, 3.05) is 25.0 Å². The fourth-order valence-corrected chi connectivity index (χ4v) is 4.48. The highest BCUT2D eigenvalue weighted by atomic mass is 19.3. The van der Waals surface area contributed by atoms with Gasteiger partial charge in [-0.15, -0.1) is 0 Å². The molecule has 2 aliphatic rings. The molecule has 0 unspecified atom stereocenters. The van der Waals surface area contributed by atoms with E-state index in [1.807, 2.05) is 20.8 Å². The van der Waals surface area contributed by atoms with E-state index in [4.69, 9.17) is 0 Å². The van der Waals surface area contributed by atoms with Gasteiger partial charge in [-0.3, -0.25) is 14.5 Å². The van der Waals surface area contributed by atoms with Gasteiger partial charge in [-0.05, 0) is 64.0 Å². The zero-order chi connectivity index (χ0) is 21.9. The van der Waals surface area contributed by atoms with Gasteiger partial charge in [0.05, 0.1) is 6.54 Å². The van der Waals surface area contributed by atoms with Crippen LogP contribution in [-0.4, -0.2) is 48.5 Å². The number of carbonyl (C=O) groups excluding carboxylic acids is 2. The van der Waals surface area contributed by atoms with Crippen molar-refractivity contribution in [1.82, 2.24) is 10.2 Å². The topological polar surface area (TPSA) is 70.7 Å². The highest BCUT2D eigenvalue weighted by Crippen LogP contribution is 2.45. The van der Waals surface area contributed by atoms with Gasteiger partial charge in [0.2, 0.25) is 11.8 Å². The summed E-state index contributed by atoms with van der Waals surface area (Å²) in [5.41, 5.74) is 0.443. The monoisotopic (exact) mass is 423 g/mol. The van der Waals surface area contributed by atoms with E-state index in [2.05, 4.69) is 20.3 Å². The third-order valence-corrected chi connectivity index (χ3v) is 5.74. The lowest BCUT2D eigenvalue weighted by atomic mass is 9.65. The fraction of sp³-hybridized carbons (Fsp3) is 0.636. The van der Waals surface area contributed by atoms with E-state index in [0.29, 0.717) is 12.2 Å². The van der Waals surface area contributed by atoms with Crippen LogP contribution in [0.1, 0.15) is 46.5 Å². The SMILES string of the molecule is CC(C)(C)NC(=O)CN1CC2(CCC(C(=O)Nc3cccc(OC(F)F)c3)CC2)C1. The molecule has 1 aromatic rings. The first-order valence-corrected chi connectivity index (χ1v) is 10.4. The number of likely N-dealkylation sites (tertiary alicyclic amines) is 1. The van der Waals surface area contributed by atoms with Crippen LogP contribution < -0.4 is 15.4 Å². The van der Waals surface area contributed by atoms with Crippen molar-refractivity contribution in [2.45, 2.75) is 58.6 Å². The Kier molecular flexibility index (Phi) is 6.65. The third-order valence-electron chi connectivity index (χ3n) is 5.74. The maximum Gasteiger partial charge on any atom is 0.387 e. The van der Waals surface area contributed by atoms with Gasteiger partial charge in [0.25, 0.3) is 0 Å². The molecule has 1 aromatic carbocycles. The number of carbonyl (C=O) groups is 2. The highest BCUT2D eigenvalue weighted by molar-refractivity contribution is 5.92. The Hall–Kier alpha value is -2.22. The smallest absolute Gasteiger partial charge is 0.387 e. The lowest BCUT2D eigenvalue weighted by Gasteiger charge is -2.53. The maximum atomic E-state index is 12.6. The molecule has 8 heteroatoms. The second-order valence-electron chi connectivity index (χ2n) is 9.61. The number of amides is 2. The Balaban J connectivity index is 1.43. The maximum absolute atomic E-state index is 12.6. The molecule has 3 rings (SSSR count). The molecule has 2 N–H and O–H groups in total. The van der Waals surface area contributed by atoms with Crippen molar-refractivity contribution in [3.8, 4) is 5.75 Å². The predicted molar refractivity (Wildman–Crippen MR) is 110 cm³/mol. The fourth-order valence-electron chi connectivity index (χ4n) is 4.48. The molecular weight excluding hydrogens is 392 g/mol. The van der Waals surface area contributed by atoms with Crippen molar-refractivity contribution in [1.29, 1.82) is 0 Å². The van der Waals surface area contributed by atoms with Crippen LogP contribution in [-0.2, 0) is 9.59 Å². The average molecular weight is 424 g/mol. The molecule has 0 radical (unpaired) electrons. The summed E-state index contributed by atoms with van der Waals surface area (Å²) in [6, 6.07) is 6.06. The first kappa shape index (κ1) is 22.5. The van der Waals surface area contributed by atoms with Gasteiger partial charge >= 0.3 is 6.61 Å². The minimum Gasteiger partial charge on any atom is -0.435 e. The Morgan fingerprint density at radius 3 is 2.50 bits per heavy atom. The quantitative estimate of drug-likeness (QED) is 0.733. The number of ether oxygens (including phenoxy) is 1. The zero-order valence-electron chi connectivity index (χ0n) is 17.8. The number of halogens is 2. The van der Waals surface area contributed by atoms with Crippen LogP contribution in [0.25, 0.3) is 0 Å². The zero-order valence-corrected chi connectivity index (χ0v) is 17.8. The van der Waals surface area contributed by atoms with Gasteiger partial charge in [0.15, 0.2) is 0 Å². The summed E-state index contributed by atoms with van der Waals surface area (Å²) in [6.45, 7) is 5.22. The Labute approximate surface area is 176 Å². The second kappa shape index (κ2) is 8.88. The number of alkyl halides is 2. The molecule has 2 fully saturated rings. The van der Waals surface area contributed by atoms with E-state index in [1.54, 1.807) is 12.1 Å². The summed E-state index contributed by atoms with van der Waals surface area (Å²) in [6.07, 6.45) is 3.50. The van der Waals surface area contributed by atoms with Crippen LogP contribution in [0.3, 0.4) is 0 Å². The number of hydrogen-bond acceptors (Lipinski definition) is 4. The Morgan fingerprint density at radius 1 is 1.23 bits per heavy atom. The highest BCUT2D eigenvalue weighted by Gasteiger charge is 2.46. The van der Waals surface area contributed by atoms with E-state index in [9.17, 15) is 18.4 Å². The Morgan fingerprint density at radius 2 is 1.90 bits per heavy atom. The van der Waals surface area contributed by atoms with E-state index in [0.717, 1.165) is 38.8 Å². The van der Waals surface area contributed by atoms with Crippen molar-refractivity contribution < 1.29 is 23.1 Å². The molecule has 0 bridgehead atoms. The van der Waals surface area contributed by atoms with Gasteiger partial charge in [0.1, 0.15) is 5.75 Å². The predicted octanol–water partition coefficient (Wildman–Crippen LogP) is 3.63. The van der Waals surface area contributed by atoms with Crippen LogP contribution in [0.4, 0.5) is 14.5 Å². The Bertz CT molecular complexity index is 763. The summed E-state index contributed by atoms with van der Waals surface area (Å²) in [7, 11) is 0. The van der Waals surface area contributed by atoms with Crippen molar-refractivity contribution in [3.63, 3.8) is 0 Å². The van der Waals surface area contributed by atoms with Gasteiger partial charge in [-0.25, -0.2) is 0 Å². The third kappa shape index (κ3) is 6.14. The average Bonchev–Trinajstić information content (AvgIpc) is 2.59. The molecular formula is C22H31F2N3O3. The van der Waals surface area contributed by atoms with E-state index < -0.39 is 6.61 Å². The molecule has 1 aliphatic heterocycles. The number of nitrogens with one attached hydrogen (secondary N) is 2. The summed E-state index contributed by atoms with van der Waals surface area (Å²) < 4.78 is 29.1. The van der Waals surface area contributed by atoms with Gasteiger partial charge in [-0.1, -0.05) is 6.07 Å². The molecule has 2 amide bonds. The molecule has 30 heavy (non-hydrogen) atoms. The van der Waals surface area contributed by atoms with Crippen molar-refractivity contribution >= 4 is 17.5 Å². The van der Waals surface area contributed by atoms with Crippen LogP contribution in [0, 0.1) is 11.3 Å². The lowest BCUT2D eigenvalue weighted by molar-refractivity contribution is -0.129. The largest absolute Gasteiger partial charge is 0.435 e. The molecule has 1 heterocycles. The lowest BCUT2D eigenvalue weighted by Crippen LogP contribution is -2.60. The van der Waals surface area contributed by atoms with Gasteiger partial charge < -0.3 is 15.4 Å². The molecule has 166 valence electrons. The summed E-state index contributed by atoms with van der Waals surface area (Å²) in [5.74, 6) is -0.104. The number of benzene rings is 1. The number of anilines is 1. The summed E-state index contributed by atoms with van der Waals surface area (Å²) in [4.78, 5) is 26.8. The van der Waals surface area contributed by atoms with Crippen LogP contribution >= 0.6 is 0 Å². The van der Waals surface area contributed by atoms with Crippen LogP contribution in [0.2, 0.25) is 0 Å². The first-order chi connectivity index (χ1) is 14.0. The number of hydrogen-bond donors (Lipinski definition) is 2. The van der Waals surface area contributed by atoms with Gasteiger partial charge in [0, 0.05) is 36.3 Å². The minimum absolute atomic E-state index is 0.0236. The number of nitrogens with zero attached hydrogens (tertiary/aromatic N) is 1. The molecule has 1 aliphatic carbocycles. The van der Waals surface area contributed by atoms with E-state index in [1.165, 1.54) is 12.1 Å². The van der Waals surface area contributed by atoms with E-state index >= 15 is 0 Å². The van der Waals surface area contributed by atoms with Crippen LogP contribution in [0.5, 0.6) is 5.75 Å². The normalized spacial score (nSPS) is 19.4. The van der Waals surface area contributed by atoms with Crippen molar-refractivity contribution in [3.05, 3.63) is 24.3 Å². The summed E-state index contributed by atoms with van der Waals surface area (Å²) in [5, 5.41) is 5.80. The van der Waals surface area contributed by atoms with Crippen molar-refractivity contribution in [2.24, 2.45) is 11.3 Å². The molecule has 0 aromatic heterocycles. The molecule has 1 saturated heterocycles. The summed E-state index contributed by atoms with van der Waals surface area (Å²) >= 11 is 0. The van der Waals surface area contributed by atoms with Crippen LogP contribution in [0.15, 0.2) is 24.3 Å². The molecule has 1 saturated carbocycles. The minimum atomic E-state index is -2.90. The molecule has 0 atom stereocenters.